The van der Waals surface area contributed by atoms with E-state index < -0.39 is 0 Å². The number of piperazine rings is 1. The molecule has 0 atom stereocenters. The molecule has 2 aromatic carbocycles. The van der Waals surface area contributed by atoms with Crippen molar-refractivity contribution in [3.63, 3.8) is 0 Å². The average Bonchev–Trinajstić information content (AvgIpc) is 2.70. The predicted octanol–water partition coefficient (Wildman–Crippen LogP) is 2.56. The van der Waals surface area contributed by atoms with Gasteiger partial charge in [0.05, 0.1) is 6.54 Å². The molecule has 1 saturated heterocycles. The lowest BCUT2D eigenvalue weighted by Crippen LogP contribution is -2.49. The minimum Gasteiger partial charge on any atom is -0.356 e. The lowest BCUT2D eigenvalue weighted by Gasteiger charge is -2.35. The van der Waals surface area contributed by atoms with Gasteiger partial charge in [-0.15, -0.1) is 0 Å². The van der Waals surface area contributed by atoms with Crippen molar-refractivity contribution < 1.29 is 4.79 Å². The number of carbonyl (C=O) groups is 1. The molecule has 2 aliphatic rings. The van der Waals surface area contributed by atoms with Gasteiger partial charge in [0, 0.05) is 50.6 Å². The third-order valence-electron chi connectivity index (χ3n) is 5.59. The van der Waals surface area contributed by atoms with E-state index in [1.54, 1.807) is 0 Å². The summed E-state index contributed by atoms with van der Waals surface area (Å²) in [7, 11) is 2.14. The third-order valence-corrected chi connectivity index (χ3v) is 5.59. The predicted molar refractivity (Wildman–Crippen MR) is 109 cm³/mol. The first-order valence-corrected chi connectivity index (χ1v) is 9.80. The molecule has 0 aromatic heterocycles. The van der Waals surface area contributed by atoms with Crippen molar-refractivity contribution in [1.29, 1.82) is 0 Å². The molecule has 1 N–H and O–H groups in total. The van der Waals surface area contributed by atoms with Crippen molar-refractivity contribution in [1.82, 2.24) is 14.7 Å². The van der Waals surface area contributed by atoms with Crippen LogP contribution in [0.15, 0.2) is 48.5 Å². The van der Waals surface area contributed by atoms with Crippen LogP contribution >= 0.6 is 0 Å². The number of rotatable bonds is 4. The van der Waals surface area contributed by atoms with E-state index >= 15 is 0 Å². The van der Waals surface area contributed by atoms with Gasteiger partial charge in [-0.25, -0.2) is 0 Å². The molecule has 1 fully saturated rings. The monoisotopic (exact) mass is 364 g/mol. The summed E-state index contributed by atoms with van der Waals surface area (Å²) >= 11 is 0. The molecule has 1 amide bonds. The molecule has 0 bridgehead atoms. The summed E-state index contributed by atoms with van der Waals surface area (Å²) in [5.41, 5.74) is 4.82. The summed E-state index contributed by atoms with van der Waals surface area (Å²) in [4.78, 5) is 19.3. The molecule has 2 aliphatic heterocycles. The number of carbonyl (C=O) groups excluding carboxylic acids is 1. The summed E-state index contributed by atoms with van der Waals surface area (Å²) in [6.45, 7) is 6.17. The zero-order valence-corrected chi connectivity index (χ0v) is 16.0. The number of anilines is 2. The molecule has 0 radical (unpaired) electrons. The number of para-hydroxylation sites is 1. The Morgan fingerprint density at radius 3 is 2.48 bits per heavy atom. The fraction of sp³-hybridized carbons (Fsp3) is 0.409. The van der Waals surface area contributed by atoms with Crippen LogP contribution in [-0.2, 0) is 17.8 Å². The van der Waals surface area contributed by atoms with Crippen LogP contribution in [0.2, 0.25) is 0 Å². The lowest BCUT2D eigenvalue weighted by molar-refractivity contribution is -0.133. The Labute approximate surface area is 161 Å². The highest BCUT2D eigenvalue weighted by molar-refractivity contribution is 5.78. The summed E-state index contributed by atoms with van der Waals surface area (Å²) in [6, 6.07) is 16.7. The Balaban J connectivity index is 1.36. The minimum absolute atomic E-state index is 0.261. The van der Waals surface area contributed by atoms with Crippen LogP contribution < -0.4 is 5.32 Å². The van der Waals surface area contributed by atoms with Gasteiger partial charge in [-0.1, -0.05) is 24.3 Å². The smallest absolute Gasteiger partial charge is 0.237 e. The molecule has 0 saturated carbocycles. The first-order chi connectivity index (χ1) is 13.2. The number of hydrogen-bond acceptors (Lipinski definition) is 4. The molecular weight excluding hydrogens is 336 g/mol. The number of benzene rings is 2. The van der Waals surface area contributed by atoms with Gasteiger partial charge in [0.25, 0.3) is 0 Å². The number of fused-ring (bicyclic) bond motifs is 1. The highest BCUT2D eigenvalue weighted by Gasteiger charge is 2.24. The summed E-state index contributed by atoms with van der Waals surface area (Å²) in [6.07, 6.45) is 0.925. The van der Waals surface area contributed by atoms with Crippen LogP contribution in [-0.4, -0.2) is 66.9 Å². The SMILES string of the molecule is CN1CCN(CC(=O)N2CCc3cc(Nc4ccccc4)ccc3C2)CC1. The maximum atomic E-state index is 12.7. The number of likely N-dealkylation sites (N-methyl/N-ethyl adjacent to an activating group) is 1. The number of nitrogens with one attached hydrogen (secondary N) is 1. The van der Waals surface area contributed by atoms with Gasteiger partial charge in [0.2, 0.25) is 5.91 Å². The van der Waals surface area contributed by atoms with E-state index in [-0.39, 0.29) is 5.91 Å². The van der Waals surface area contributed by atoms with Crippen LogP contribution in [0.4, 0.5) is 11.4 Å². The maximum absolute atomic E-state index is 12.7. The highest BCUT2D eigenvalue weighted by Crippen LogP contribution is 2.25. The molecule has 2 heterocycles. The highest BCUT2D eigenvalue weighted by atomic mass is 16.2. The minimum atomic E-state index is 0.261. The van der Waals surface area contributed by atoms with Crippen molar-refractivity contribution in [2.24, 2.45) is 0 Å². The van der Waals surface area contributed by atoms with Crippen LogP contribution in [0.5, 0.6) is 0 Å². The second-order valence-electron chi connectivity index (χ2n) is 7.62. The quantitative estimate of drug-likeness (QED) is 0.905. The van der Waals surface area contributed by atoms with Gasteiger partial charge >= 0.3 is 0 Å². The number of amides is 1. The molecule has 4 rings (SSSR count). The average molecular weight is 364 g/mol. The van der Waals surface area contributed by atoms with Crippen LogP contribution in [0, 0.1) is 0 Å². The van der Waals surface area contributed by atoms with Crippen LogP contribution in [0.25, 0.3) is 0 Å². The largest absolute Gasteiger partial charge is 0.356 e. The van der Waals surface area contributed by atoms with Crippen molar-refractivity contribution in [2.45, 2.75) is 13.0 Å². The zero-order valence-electron chi connectivity index (χ0n) is 16.0. The van der Waals surface area contributed by atoms with E-state index in [4.69, 9.17) is 0 Å². The Bertz CT molecular complexity index is 784. The Morgan fingerprint density at radius 2 is 1.70 bits per heavy atom. The van der Waals surface area contributed by atoms with Crippen molar-refractivity contribution in [3.8, 4) is 0 Å². The van der Waals surface area contributed by atoms with Crippen molar-refractivity contribution in [3.05, 3.63) is 59.7 Å². The Morgan fingerprint density at radius 1 is 0.926 bits per heavy atom. The summed E-state index contributed by atoms with van der Waals surface area (Å²) in [5.74, 6) is 0.261. The molecule has 142 valence electrons. The van der Waals surface area contributed by atoms with Crippen molar-refractivity contribution >= 4 is 17.3 Å². The molecule has 0 spiro atoms. The Hall–Kier alpha value is -2.37. The zero-order chi connectivity index (χ0) is 18.6. The molecule has 0 unspecified atom stereocenters. The fourth-order valence-electron chi connectivity index (χ4n) is 3.83. The first-order valence-electron chi connectivity index (χ1n) is 9.80. The summed E-state index contributed by atoms with van der Waals surface area (Å²) < 4.78 is 0. The van der Waals surface area contributed by atoms with E-state index in [9.17, 15) is 4.79 Å². The van der Waals surface area contributed by atoms with Gasteiger partial charge in [-0.05, 0) is 48.9 Å². The molecular formula is C22H28N4O. The standard InChI is InChI=1S/C22H28N4O/c1-24-11-13-25(14-12-24)17-22(27)26-10-9-18-15-21(8-7-19(18)16-26)23-20-5-3-2-4-6-20/h2-8,15,23H,9-14,16-17H2,1H3. The summed E-state index contributed by atoms with van der Waals surface area (Å²) in [5, 5.41) is 3.45. The van der Waals surface area contributed by atoms with Gasteiger partial charge in [0.1, 0.15) is 0 Å². The lowest BCUT2D eigenvalue weighted by atomic mass is 9.99. The molecule has 0 aliphatic carbocycles. The topological polar surface area (TPSA) is 38.8 Å². The second-order valence-corrected chi connectivity index (χ2v) is 7.62. The van der Waals surface area contributed by atoms with Gasteiger partial charge in [-0.3, -0.25) is 9.69 Å². The molecule has 2 aromatic rings. The van der Waals surface area contributed by atoms with E-state index in [1.807, 2.05) is 23.1 Å². The van der Waals surface area contributed by atoms with E-state index in [0.717, 1.165) is 57.1 Å². The second kappa shape index (κ2) is 8.11. The van der Waals surface area contributed by atoms with Crippen LogP contribution in [0.1, 0.15) is 11.1 Å². The number of nitrogens with zero attached hydrogens (tertiary/aromatic N) is 3. The maximum Gasteiger partial charge on any atom is 0.237 e. The van der Waals surface area contributed by atoms with Gasteiger partial charge in [-0.2, -0.15) is 0 Å². The van der Waals surface area contributed by atoms with Gasteiger partial charge < -0.3 is 15.1 Å². The van der Waals surface area contributed by atoms with Crippen LogP contribution in [0.3, 0.4) is 0 Å². The fourth-order valence-corrected chi connectivity index (χ4v) is 3.83. The Kier molecular flexibility index (Phi) is 5.41. The normalized spacial score (nSPS) is 18.2. The van der Waals surface area contributed by atoms with Crippen molar-refractivity contribution in [2.75, 3.05) is 51.6 Å². The van der Waals surface area contributed by atoms with E-state index in [2.05, 4.69) is 52.5 Å². The van der Waals surface area contributed by atoms with Gasteiger partial charge in [0.15, 0.2) is 0 Å². The molecule has 27 heavy (non-hydrogen) atoms. The molecule has 5 nitrogen and oxygen atoms in total. The number of hydrogen-bond donors (Lipinski definition) is 1. The van der Waals surface area contributed by atoms with E-state index in [0.29, 0.717) is 6.54 Å². The third kappa shape index (κ3) is 4.49. The first kappa shape index (κ1) is 18.0. The van der Waals surface area contributed by atoms with E-state index in [1.165, 1.54) is 11.1 Å². The molecule has 5 heteroatoms.